The van der Waals surface area contributed by atoms with Gasteiger partial charge in [-0.1, -0.05) is 41.0 Å². The number of H-pyrrole nitrogens is 1. The average molecular weight is 384 g/mol. The van der Waals surface area contributed by atoms with Gasteiger partial charge in [0.15, 0.2) is 11.5 Å². The highest BCUT2D eigenvalue weighted by Crippen LogP contribution is 2.44. The van der Waals surface area contributed by atoms with Gasteiger partial charge in [-0.2, -0.15) is 0 Å². The molecule has 0 saturated heterocycles. The molecule has 1 heterocycles. The quantitative estimate of drug-likeness (QED) is 0.617. The van der Waals surface area contributed by atoms with Crippen molar-refractivity contribution in [3.63, 3.8) is 0 Å². The molecule has 24 heavy (non-hydrogen) atoms. The van der Waals surface area contributed by atoms with Gasteiger partial charge in [-0.05, 0) is 18.2 Å². The molecule has 0 saturated carbocycles. The van der Waals surface area contributed by atoms with Gasteiger partial charge in [0.05, 0.1) is 36.9 Å². The zero-order chi connectivity index (χ0) is 17.3. The minimum absolute atomic E-state index is 0.519. The Labute approximate surface area is 154 Å². The topological polar surface area (TPSA) is 43.5 Å². The molecule has 1 aromatic heterocycles. The summed E-state index contributed by atoms with van der Waals surface area (Å²) in [5.41, 5.74) is 0.819. The van der Waals surface area contributed by atoms with Crippen molar-refractivity contribution in [2.75, 3.05) is 21.3 Å². The first kappa shape index (κ1) is 17.1. The molecule has 0 atom stereocenters. The number of benzene rings is 2. The Hall–Kier alpha value is -1.69. The Kier molecular flexibility index (Phi) is 5.04. The average Bonchev–Trinajstić information content (AvgIpc) is 3.00. The monoisotopic (exact) mass is 383 g/mol. The summed E-state index contributed by atoms with van der Waals surface area (Å²) in [6, 6.07) is 7.55. The summed E-state index contributed by atoms with van der Waals surface area (Å²) in [5, 5.41) is 2.05. The van der Waals surface area contributed by atoms with Gasteiger partial charge in [0.2, 0.25) is 5.75 Å². The van der Waals surface area contributed by atoms with E-state index in [1.54, 1.807) is 39.2 Å². The number of aromatic nitrogens is 1. The van der Waals surface area contributed by atoms with Crippen LogP contribution in [0.4, 0.5) is 0 Å². The van der Waals surface area contributed by atoms with Gasteiger partial charge in [0.1, 0.15) is 0 Å². The zero-order valence-electron chi connectivity index (χ0n) is 13.3. The number of hydrogen-bond acceptors (Lipinski definition) is 4. The van der Waals surface area contributed by atoms with Crippen molar-refractivity contribution in [3.8, 4) is 17.2 Å². The summed E-state index contributed by atoms with van der Waals surface area (Å²) in [6.45, 7) is 0. The van der Waals surface area contributed by atoms with Crippen molar-refractivity contribution < 1.29 is 14.2 Å². The van der Waals surface area contributed by atoms with Crippen LogP contribution in [0.5, 0.6) is 17.2 Å². The molecule has 0 spiro atoms. The van der Waals surface area contributed by atoms with Crippen molar-refractivity contribution in [3.05, 3.63) is 40.5 Å². The summed E-state index contributed by atoms with van der Waals surface area (Å²) >= 11 is 13.9. The van der Waals surface area contributed by atoms with Gasteiger partial charge >= 0.3 is 0 Å². The van der Waals surface area contributed by atoms with E-state index < -0.39 is 0 Å². The number of halogens is 2. The molecule has 7 heteroatoms. The van der Waals surface area contributed by atoms with Crippen LogP contribution in [-0.2, 0) is 0 Å². The maximum atomic E-state index is 6.25. The van der Waals surface area contributed by atoms with Crippen molar-refractivity contribution in [2.45, 2.75) is 9.79 Å². The first-order valence-electron chi connectivity index (χ1n) is 7.02. The predicted molar refractivity (Wildman–Crippen MR) is 98.5 cm³/mol. The molecule has 0 fully saturated rings. The van der Waals surface area contributed by atoms with Crippen LogP contribution in [0.3, 0.4) is 0 Å². The number of ether oxygens (including phenoxy) is 3. The van der Waals surface area contributed by atoms with Crippen LogP contribution >= 0.6 is 35.0 Å². The fourth-order valence-electron chi connectivity index (χ4n) is 2.44. The second-order valence-corrected chi connectivity index (χ2v) is 6.80. The highest BCUT2D eigenvalue weighted by molar-refractivity contribution is 7.99. The molecular formula is C17H15Cl2NO3S. The SMILES string of the molecule is COc1cc(Sc2c[nH]c3c(Cl)c(Cl)ccc23)cc(OC)c1OC. The molecule has 0 amide bonds. The Bertz CT molecular complexity index is 870. The third kappa shape index (κ3) is 2.99. The predicted octanol–water partition coefficient (Wildman–Crippen LogP) is 5.65. The largest absolute Gasteiger partial charge is 0.493 e. The molecule has 0 aliphatic rings. The van der Waals surface area contributed by atoms with E-state index in [1.807, 2.05) is 24.4 Å². The molecule has 0 radical (unpaired) electrons. The Morgan fingerprint density at radius 2 is 1.62 bits per heavy atom. The van der Waals surface area contributed by atoms with Gasteiger partial charge in [-0.3, -0.25) is 0 Å². The van der Waals surface area contributed by atoms with Crippen LogP contribution in [0, 0.1) is 0 Å². The highest BCUT2D eigenvalue weighted by Gasteiger charge is 2.16. The van der Waals surface area contributed by atoms with Crippen LogP contribution in [0.1, 0.15) is 0 Å². The first-order valence-corrected chi connectivity index (χ1v) is 8.59. The lowest BCUT2D eigenvalue weighted by Crippen LogP contribution is -1.95. The highest BCUT2D eigenvalue weighted by atomic mass is 35.5. The van der Waals surface area contributed by atoms with E-state index in [-0.39, 0.29) is 0 Å². The number of methoxy groups -OCH3 is 3. The van der Waals surface area contributed by atoms with Gasteiger partial charge in [-0.15, -0.1) is 0 Å². The molecule has 3 aromatic rings. The molecule has 1 N–H and O–H groups in total. The van der Waals surface area contributed by atoms with Crippen LogP contribution < -0.4 is 14.2 Å². The fourth-order valence-corrected chi connectivity index (χ4v) is 3.80. The smallest absolute Gasteiger partial charge is 0.203 e. The van der Waals surface area contributed by atoms with Gasteiger partial charge in [0.25, 0.3) is 0 Å². The van der Waals surface area contributed by atoms with Crippen molar-refractivity contribution in [2.24, 2.45) is 0 Å². The van der Waals surface area contributed by atoms with E-state index in [0.29, 0.717) is 27.3 Å². The molecule has 0 aliphatic carbocycles. The summed E-state index contributed by atoms with van der Waals surface area (Å²) in [5.74, 6) is 1.79. The van der Waals surface area contributed by atoms with Crippen molar-refractivity contribution >= 4 is 45.9 Å². The van der Waals surface area contributed by atoms with E-state index >= 15 is 0 Å². The van der Waals surface area contributed by atoms with Gasteiger partial charge in [0, 0.05) is 21.4 Å². The number of hydrogen-bond donors (Lipinski definition) is 1. The van der Waals surface area contributed by atoms with Gasteiger partial charge in [-0.25, -0.2) is 0 Å². The third-order valence-electron chi connectivity index (χ3n) is 3.57. The van der Waals surface area contributed by atoms with Crippen molar-refractivity contribution in [1.29, 1.82) is 0 Å². The molecule has 126 valence electrons. The van der Waals surface area contributed by atoms with E-state index in [2.05, 4.69) is 4.98 Å². The lowest BCUT2D eigenvalue weighted by atomic mass is 10.2. The van der Waals surface area contributed by atoms with Crippen LogP contribution in [0.15, 0.2) is 40.3 Å². The standard InChI is InChI=1S/C17H15Cl2NO3S/c1-21-12-6-9(7-13(22-2)17(12)23-3)24-14-8-20-16-10(14)4-5-11(18)15(16)19/h4-8,20H,1-3H3. The first-order chi connectivity index (χ1) is 11.6. The van der Waals surface area contributed by atoms with Crippen LogP contribution in [-0.4, -0.2) is 26.3 Å². The minimum Gasteiger partial charge on any atom is -0.493 e. The zero-order valence-corrected chi connectivity index (χ0v) is 15.6. The van der Waals surface area contributed by atoms with Crippen LogP contribution in [0.25, 0.3) is 10.9 Å². The van der Waals surface area contributed by atoms with E-state index in [0.717, 1.165) is 20.7 Å². The second kappa shape index (κ2) is 7.05. The lowest BCUT2D eigenvalue weighted by Gasteiger charge is -2.13. The Morgan fingerprint density at radius 1 is 0.958 bits per heavy atom. The van der Waals surface area contributed by atoms with E-state index in [1.165, 1.54) is 0 Å². The molecule has 0 aliphatic heterocycles. The molecule has 3 rings (SSSR count). The summed E-state index contributed by atoms with van der Waals surface area (Å²) in [7, 11) is 4.77. The number of aromatic amines is 1. The number of nitrogens with one attached hydrogen (secondary N) is 1. The maximum absolute atomic E-state index is 6.25. The fraction of sp³-hybridized carbons (Fsp3) is 0.176. The summed E-state index contributed by atoms with van der Waals surface area (Å²) in [6.07, 6.45) is 1.90. The minimum atomic E-state index is 0.519. The van der Waals surface area contributed by atoms with Crippen molar-refractivity contribution in [1.82, 2.24) is 4.98 Å². The molecule has 0 bridgehead atoms. The molecule has 4 nitrogen and oxygen atoms in total. The molecule has 0 unspecified atom stereocenters. The number of fused-ring (bicyclic) bond motifs is 1. The van der Waals surface area contributed by atoms with E-state index in [9.17, 15) is 0 Å². The summed E-state index contributed by atoms with van der Waals surface area (Å²) < 4.78 is 16.1. The number of rotatable bonds is 5. The van der Waals surface area contributed by atoms with Crippen LogP contribution in [0.2, 0.25) is 10.0 Å². The normalized spacial score (nSPS) is 10.9. The lowest BCUT2D eigenvalue weighted by molar-refractivity contribution is 0.323. The maximum Gasteiger partial charge on any atom is 0.203 e. The second-order valence-electron chi connectivity index (χ2n) is 4.90. The molecule has 2 aromatic carbocycles. The Morgan fingerprint density at radius 3 is 2.21 bits per heavy atom. The Balaban J connectivity index is 2.04. The van der Waals surface area contributed by atoms with E-state index in [4.69, 9.17) is 37.4 Å². The molecular weight excluding hydrogens is 369 g/mol. The van der Waals surface area contributed by atoms with Gasteiger partial charge < -0.3 is 19.2 Å². The summed E-state index contributed by atoms with van der Waals surface area (Å²) in [4.78, 5) is 5.15. The third-order valence-corrected chi connectivity index (χ3v) is 5.41.